The number of nitrogens with one attached hydrogen (secondary N) is 1. The Balaban J connectivity index is 1.79. The third-order valence-electron chi connectivity index (χ3n) is 4.48. The molecule has 0 aromatic heterocycles. The van der Waals surface area contributed by atoms with Gasteiger partial charge in [0.2, 0.25) is 5.91 Å². The van der Waals surface area contributed by atoms with Gasteiger partial charge >= 0.3 is 5.97 Å². The second-order valence-corrected chi connectivity index (χ2v) is 6.69. The third kappa shape index (κ3) is 7.08. The molecule has 0 aliphatic carbocycles. The molecule has 4 N–H and O–H groups in total. The molecule has 0 saturated heterocycles. The van der Waals surface area contributed by atoms with Gasteiger partial charge < -0.3 is 16.2 Å². The predicted molar refractivity (Wildman–Crippen MR) is 102 cm³/mol. The van der Waals surface area contributed by atoms with Crippen LogP contribution >= 0.6 is 0 Å². The van der Waals surface area contributed by atoms with Crippen LogP contribution in [-0.2, 0) is 22.4 Å². The standard InChI is InChI=1S/C21H24F2N2O3/c22-16-9-4-14(5-10-16)2-1-3-19(21(27)28)25-20(26)18(24)13-8-15-6-11-17(23)12-7-15/h4-7,9-12,18-19H,1-3,8,13,24H2,(H,25,26)(H,27,28). The zero-order valence-electron chi connectivity index (χ0n) is 15.4. The first-order valence-corrected chi connectivity index (χ1v) is 9.13. The number of nitrogens with two attached hydrogens (primary N) is 1. The molecule has 2 rings (SSSR count). The van der Waals surface area contributed by atoms with Crippen LogP contribution in [0.4, 0.5) is 8.78 Å². The summed E-state index contributed by atoms with van der Waals surface area (Å²) in [5.74, 6) is -2.32. The number of carboxylic acids is 1. The summed E-state index contributed by atoms with van der Waals surface area (Å²) in [6.07, 6.45) is 2.14. The topological polar surface area (TPSA) is 92.4 Å². The van der Waals surface area contributed by atoms with Crippen molar-refractivity contribution in [2.75, 3.05) is 0 Å². The van der Waals surface area contributed by atoms with E-state index in [9.17, 15) is 23.5 Å². The molecule has 0 fully saturated rings. The molecular formula is C21H24F2N2O3. The molecule has 0 heterocycles. The van der Waals surface area contributed by atoms with Gasteiger partial charge in [0.25, 0.3) is 0 Å². The Morgan fingerprint density at radius 1 is 0.893 bits per heavy atom. The summed E-state index contributed by atoms with van der Waals surface area (Å²) >= 11 is 0. The van der Waals surface area contributed by atoms with Gasteiger partial charge in [0.15, 0.2) is 0 Å². The van der Waals surface area contributed by atoms with Crippen molar-refractivity contribution < 1.29 is 23.5 Å². The van der Waals surface area contributed by atoms with Crippen LogP contribution in [0.1, 0.15) is 30.4 Å². The number of carbonyl (C=O) groups is 2. The van der Waals surface area contributed by atoms with Crippen LogP contribution in [0.3, 0.4) is 0 Å². The molecule has 7 heteroatoms. The largest absolute Gasteiger partial charge is 0.480 e. The summed E-state index contributed by atoms with van der Waals surface area (Å²) in [5.41, 5.74) is 7.60. The number of hydrogen-bond donors (Lipinski definition) is 3. The van der Waals surface area contributed by atoms with Gasteiger partial charge in [-0.3, -0.25) is 4.79 Å². The summed E-state index contributed by atoms with van der Waals surface area (Å²) < 4.78 is 25.8. The van der Waals surface area contributed by atoms with Crippen LogP contribution in [0.5, 0.6) is 0 Å². The molecule has 1 amide bonds. The minimum absolute atomic E-state index is 0.239. The van der Waals surface area contributed by atoms with E-state index in [0.717, 1.165) is 11.1 Å². The van der Waals surface area contributed by atoms with Gasteiger partial charge in [-0.2, -0.15) is 0 Å². The van der Waals surface area contributed by atoms with E-state index in [1.54, 1.807) is 24.3 Å². The maximum Gasteiger partial charge on any atom is 0.326 e. The molecule has 2 atom stereocenters. The second-order valence-electron chi connectivity index (χ2n) is 6.69. The zero-order chi connectivity index (χ0) is 20.5. The van der Waals surface area contributed by atoms with Crippen molar-refractivity contribution in [1.29, 1.82) is 0 Å². The first-order valence-electron chi connectivity index (χ1n) is 9.13. The van der Waals surface area contributed by atoms with Gasteiger partial charge in [-0.25, -0.2) is 13.6 Å². The molecule has 2 aromatic carbocycles. The lowest BCUT2D eigenvalue weighted by atomic mass is 10.0. The van der Waals surface area contributed by atoms with Crippen molar-refractivity contribution in [3.63, 3.8) is 0 Å². The van der Waals surface area contributed by atoms with Crippen molar-refractivity contribution in [3.8, 4) is 0 Å². The van der Waals surface area contributed by atoms with Crippen molar-refractivity contribution in [2.45, 2.75) is 44.2 Å². The normalized spacial score (nSPS) is 13.0. The molecule has 0 radical (unpaired) electrons. The van der Waals surface area contributed by atoms with Crippen LogP contribution in [0.15, 0.2) is 48.5 Å². The molecule has 28 heavy (non-hydrogen) atoms. The Bertz CT molecular complexity index is 779. The first kappa shape index (κ1) is 21.5. The highest BCUT2D eigenvalue weighted by molar-refractivity contribution is 5.86. The fourth-order valence-corrected chi connectivity index (χ4v) is 2.80. The summed E-state index contributed by atoms with van der Waals surface area (Å²) in [6, 6.07) is 10.0. The Kier molecular flexibility index (Phi) is 8.07. The average Bonchev–Trinajstić information content (AvgIpc) is 2.67. The number of carbonyl (C=O) groups excluding carboxylic acids is 1. The fraction of sp³-hybridized carbons (Fsp3) is 0.333. The molecule has 0 saturated carbocycles. The van der Waals surface area contributed by atoms with Gasteiger partial charge in [-0.1, -0.05) is 24.3 Å². The Hall–Kier alpha value is -2.80. The molecule has 0 spiro atoms. The molecule has 0 aliphatic rings. The Labute approximate surface area is 162 Å². The average molecular weight is 390 g/mol. The smallest absolute Gasteiger partial charge is 0.326 e. The minimum Gasteiger partial charge on any atom is -0.480 e. The first-order chi connectivity index (χ1) is 13.3. The quantitative estimate of drug-likeness (QED) is 0.582. The number of rotatable bonds is 10. The van der Waals surface area contributed by atoms with E-state index in [1.807, 2.05) is 0 Å². The van der Waals surface area contributed by atoms with Gasteiger partial charge in [0.05, 0.1) is 6.04 Å². The van der Waals surface area contributed by atoms with E-state index in [4.69, 9.17) is 5.73 Å². The van der Waals surface area contributed by atoms with Crippen LogP contribution in [0.2, 0.25) is 0 Å². The van der Waals surface area contributed by atoms with Crippen molar-refractivity contribution in [3.05, 3.63) is 71.3 Å². The lowest BCUT2D eigenvalue weighted by molar-refractivity contribution is -0.142. The number of aryl methyl sites for hydroxylation is 2. The number of carboxylic acid groups (broad SMARTS) is 1. The third-order valence-corrected chi connectivity index (χ3v) is 4.48. The SMILES string of the molecule is NC(CCc1ccc(F)cc1)C(=O)NC(CCCc1ccc(F)cc1)C(=O)O. The Morgan fingerprint density at radius 2 is 1.39 bits per heavy atom. The van der Waals surface area contributed by atoms with E-state index < -0.39 is 24.0 Å². The predicted octanol–water partition coefficient (Wildman–Crippen LogP) is 2.82. The van der Waals surface area contributed by atoms with E-state index in [-0.39, 0.29) is 18.1 Å². The number of aliphatic carboxylic acids is 1. The summed E-state index contributed by atoms with van der Waals surface area (Å²) in [5, 5.41) is 11.8. The van der Waals surface area contributed by atoms with Crippen LogP contribution in [0, 0.1) is 11.6 Å². The number of hydrogen-bond acceptors (Lipinski definition) is 3. The molecule has 2 unspecified atom stereocenters. The maximum absolute atomic E-state index is 12.9. The lowest BCUT2D eigenvalue weighted by Gasteiger charge is -2.18. The van der Waals surface area contributed by atoms with E-state index in [0.29, 0.717) is 25.7 Å². The van der Waals surface area contributed by atoms with Crippen LogP contribution in [-0.4, -0.2) is 29.1 Å². The molecule has 0 aliphatic heterocycles. The molecule has 2 aromatic rings. The number of benzene rings is 2. The van der Waals surface area contributed by atoms with E-state index in [2.05, 4.69) is 5.32 Å². The fourth-order valence-electron chi connectivity index (χ4n) is 2.80. The van der Waals surface area contributed by atoms with Gasteiger partial charge in [-0.05, 0) is 67.5 Å². The minimum atomic E-state index is -1.13. The monoisotopic (exact) mass is 390 g/mol. The molecule has 150 valence electrons. The van der Waals surface area contributed by atoms with Gasteiger partial charge in [-0.15, -0.1) is 0 Å². The maximum atomic E-state index is 12.9. The Morgan fingerprint density at radius 3 is 1.89 bits per heavy atom. The number of amides is 1. The highest BCUT2D eigenvalue weighted by atomic mass is 19.1. The van der Waals surface area contributed by atoms with Crippen molar-refractivity contribution in [2.24, 2.45) is 5.73 Å². The highest BCUT2D eigenvalue weighted by Gasteiger charge is 2.22. The second kappa shape index (κ2) is 10.5. The molecular weight excluding hydrogens is 366 g/mol. The van der Waals surface area contributed by atoms with Gasteiger partial charge in [0, 0.05) is 0 Å². The molecule has 5 nitrogen and oxygen atoms in total. The molecule has 0 bridgehead atoms. The van der Waals surface area contributed by atoms with Crippen LogP contribution in [0.25, 0.3) is 0 Å². The highest BCUT2D eigenvalue weighted by Crippen LogP contribution is 2.10. The van der Waals surface area contributed by atoms with Gasteiger partial charge in [0.1, 0.15) is 17.7 Å². The van der Waals surface area contributed by atoms with Crippen molar-refractivity contribution >= 4 is 11.9 Å². The summed E-state index contributed by atoms with van der Waals surface area (Å²) in [4.78, 5) is 23.6. The van der Waals surface area contributed by atoms with Crippen molar-refractivity contribution in [1.82, 2.24) is 5.32 Å². The lowest BCUT2D eigenvalue weighted by Crippen LogP contribution is -2.48. The van der Waals surface area contributed by atoms with E-state index in [1.165, 1.54) is 24.3 Å². The zero-order valence-corrected chi connectivity index (χ0v) is 15.4. The summed E-state index contributed by atoms with van der Waals surface area (Å²) in [6.45, 7) is 0. The summed E-state index contributed by atoms with van der Waals surface area (Å²) in [7, 11) is 0. The number of halogens is 2. The van der Waals surface area contributed by atoms with E-state index >= 15 is 0 Å². The van der Waals surface area contributed by atoms with Crippen LogP contribution < -0.4 is 11.1 Å².